The number of hydrogen-bond donors (Lipinski definition) is 1. The summed E-state index contributed by atoms with van der Waals surface area (Å²) in [6.07, 6.45) is 0. The number of carbonyl (C=O) groups is 2. The Morgan fingerprint density at radius 1 is 1.00 bits per heavy atom. The van der Waals surface area contributed by atoms with Gasteiger partial charge in [-0.2, -0.15) is 5.26 Å². The molecule has 2 aromatic carbocycles. The maximum atomic E-state index is 12.4. The molecule has 0 bridgehead atoms. The quantitative estimate of drug-likeness (QED) is 0.609. The van der Waals surface area contributed by atoms with Crippen LogP contribution in [0.15, 0.2) is 60.7 Å². The standard InChI is InChI=1S/C23H21N3O4/c1-16-17(2)26(18-9-5-3-6-10-18)23(20(16)13-24)25-21(27)14-30-22(28)15-29-19-11-7-4-8-12-19/h3-12H,14-15H2,1-2H3,(H,25,27). The number of nitrogens with one attached hydrogen (secondary N) is 1. The van der Waals surface area contributed by atoms with E-state index in [2.05, 4.69) is 11.4 Å². The Morgan fingerprint density at radius 3 is 2.27 bits per heavy atom. The molecular weight excluding hydrogens is 382 g/mol. The van der Waals surface area contributed by atoms with Gasteiger partial charge in [0.15, 0.2) is 13.2 Å². The molecule has 0 saturated carbocycles. The molecule has 0 fully saturated rings. The Morgan fingerprint density at radius 2 is 1.63 bits per heavy atom. The molecule has 0 aliphatic heterocycles. The highest BCUT2D eigenvalue weighted by molar-refractivity contribution is 5.94. The van der Waals surface area contributed by atoms with E-state index in [1.165, 1.54) is 0 Å². The lowest BCUT2D eigenvalue weighted by Gasteiger charge is -2.13. The smallest absolute Gasteiger partial charge is 0.344 e. The van der Waals surface area contributed by atoms with Crippen molar-refractivity contribution in [3.63, 3.8) is 0 Å². The van der Waals surface area contributed by atoms with Gasteiger partial charge in [0.2, 0.25) is 0 Å². The Labute approximate surface area is 174 Å². The van der Waals surface area contributed by atoms with Gasteiger partial charge in [-0.05, 0) is 43.7 Å². The fourth-order valence-electron chi connectivity index (χ4n) is 2.98. The van der Waals surface area contributed by atoms with E-state index in [9.17, 15) is 14.9 Å². The highest BCUT2D eigenvalue weighted by Gasteiger charge is 2.21. The van der Waals surface area contributed by atoms with Gasteiger partial charge in [-0.3, -0.25) is 9.36 Å². The van der Waals surface area contributed by atoms with E-state index in [1.54, 1.807) is 28.8 Å². The third-order valence-electron chi connectivity index (χ3n) is 4.56. The third kappa shape index (κ3) is 4.67. The molecule has 0 radical (unpaired) electrons. The van der Waals surface area contributed by atoms with Gasteiger partial charge in [-0.25, -0.2) is 4.79 Å². The predicted octanol–water partition coefficient (Wildman–Crippen LogP) is 3.53. The van der Waals surface area contributed by atoms with Crippen LogP contribution in [-0.2, 0) is 14.3 Å². The second-order valence-electron chi connectivity index (χ2n) is 6.53. The van der Waals surface area contributed by atoms with Crippen LogP contribution >= 0.6 is 0 Å². The average Bonchev–Trinajstić information content (AvgIpc) is 3.01. The van der Waals surface area contributed by atoms with Gasteiger partial charge < -0.3 is 14.8 Å². The summed E-state index contributed by atoms with van der Waals surface area (Å²) in [5, 5.41) is 12.3. The van der Waals surface area contributed by atoms with Crippen molar-refractivity contribution < 1.29 is 19.1 Å². The number of nitrogens with zero attached hydrogens (tertiary/aromatic N) is 2. The van der Waals surface area contributed by atoms with Gasteiger partial charge in [-0.15, -0.1) is 0 Å². The van der Waals surface area contributed by atoms with E-state index in [4.69, 9.17) is 9.47 Å². The number of esters is 1. The number of rotatable bonds is 7. The van der Waals surface area contributed by atoms with Gasteiger partial charge in [0, 0.05) is 11.4 Å². The molecule has 3 aromatic rings. The first kappa shape index (κ1) is 20.7. The van der Waals surface area contributed by atoms with Crippen molar-refractivity contribution in [2.45, 2.75) is 13.8 Å². The van der Waals surface area contributed by atoms with Crippen molar-refractivity contribution >= 4 is 17.7 Å². The molecule has 3 rings (SSSR count). The molecule has 0 spiro atoms. The van der Waals surface area contributed by atoms with Crippen LogP contribution in [0.5, 0.6) is 5.75 Å². The predicted molar refractivity (Wildman–Crippen MR) is 111 cm³/mol. The first-order valence-corrected chi connectivity index (χ1v) is 9.32. The zero-order chi connectivity index (χ0) is 21.5. The molecule has 7 nitrogen and oxygen atoms in total. The lowest BCUT2D eigenvalue weighted by atomic mass is 10.2. The van der Waals surface area contributed by atoms with Crippen molar-refractivity contribution in [1.82, 2.24) is 4.57 Å². The minimum Gasteiger partial charge on any atom is -0.482 e. The Kier molecular flexibility index (Phi) is 6.50. The summed E-state index contributed by atoms with van der Waals surface area (Å²) in [6, 6.07) is 20.4. The highest BCUT2D eigenvalue weighted by Crippen LogP contribution is 2.29. The zero-order valence-electron chi connectivity index (χ0n) is 16.7. The molecule has 1 N–H and O–H groups in total. The van der Waals surface area contributed by atoms with Crippen LogP contribution in [0.3, 0.4) is 0 Å². The fraction of sp³-hybridized carbons (Fsp3) is 0.174. The van der Waals surface area contributed by atoms with Crippen LogP contribution in [0.1, 0.15) is 16.8 Å². The molecule has 1 amide bonds. The lowest BCUT2D eigenvalue weighted by molar-refractivity contribution is -0.149. The minimum atomic E-state index is -0.666. The fourth-order valence-corrected chi connectivity index (χ4v) is 2.98. The van der Waals surface area contributed by atoms with Gasteiger partial charge in [0.1, 0.15) is 17.6 Å². The molecule has 0 aliphatic rings. The molecule has 0 atom stereocenters. The lowest BCUT2D eigenvalue weighted by Crippen LogP contribution is -2.25. The van der Waals surface area contributed by atoms with Gasteiger partial charge >= 0.3 is 5.97 Å². The minimum absolute atomic E-state index is 0.306. The highest BCUT2D eigenvalue weighted by atomic mass is 16.6. The molecule has 0 saturated heterocycles. The summed E-state index contributed by atoms with van der Waals surface area (Å²) in [6.45, 7) is 2.91. The summed E-state index contributed by atoms with van der Waals surface area (Å²) in [4.78, 5) is 24.3. The monoisotopic (exact) mass is 403 g/mol. The molecule has 152 valence electrons. The second-order valence-corrected chi connectivity index (χ2v) is 6.53. The SMILES string of the molecule is Cc1c(C#N)c(NC(=O)COC(=O)COc2ccccc2)n(-c2ccccc2)c1C. The normalized spacial score (nSPS) is 10.2. The maximum Gasteiger partial charge on any atom is 0.344 e. The maximum absolute atomic E-state index is 12.4. The van der Waals surface area contributed by atoms with E-state index in [1.807, 2.05) is 50.2 Å². The van der Waals surface area contributed by atoms with Crippen LogP contribution in [0.2, 0.25) is 0 Å². The van der Waals surface area contributed by atoms with Crippen molar-refractivity contribution in [3.05, 3.63) is 77.5 Å². The van der Waals surface area contributed by atoms with E-state index in [-0.39, 0.29) is 6.61 Å². The molecule has 1 aromatic heterocycles. The number of amides is 1. The van der Waals surface area contributed by atoms with Crippen molar-refractivity contribution in [3.8, 4) is 17.5 Å². The van der Waals surface area contributed by atoms with Crippen LogP contribution < -0.4 is 10.1 Å². The summed E-state index contributed by atoms with van der Waals surface area (Å²) >= 11 is 0. The number of benzene rings is 2. The Balaban J connectivity index is 1.67. The number of aromatic nitrogens is 1. The van der Waals surface area contributed by atoms with Crippen molar-refractivity contribution in [2.24, 2.45) is 0 Å². The first-order chi connectivity index (χ1) is 14.5. The molecular formula is C23H21N3O4. The number of anilines is 1. The van der Waals surface area contributed by atoms with E-state index in [0.717, 1.165) is 16.9 Å². The van der Waals surface area contributed by atoms with Gasteiger partial charge in [-0.1, -0.05) is 36.4 Å². The third-order valence-corrected chi connectivity index (χ3v) is 4.56. The van der Waals surface area contributed by atoms with E-state index in [0.29, 0.717) is 17.1 Å². The van der Waals surface area contributed by atoms with E-state index >= 15 is 0 Å². The van der Waals surface area contributed by atoms with E-state index < -0.39 is 18.5 Å². The summed E-state index contributed by atoms with van der Waals surface area (Å²) < 4.78 is 12.1. The molecule has 0 unspecified atom stereocenters. The average molecular weight is 403 g/mol. The number of hydrogen-bond acceptors (Lipinski definition) is 5. The number of ether oxygens (including phenoxy) is 2. The first-order valence-electron chi connectivity index (χ1n) is 9.32. The molecule has 30 heavy (non-hydrogen) atoms. The summed E-state index contributed by atoms with van der Waals surface area (Å²) in [5.41, 5.74) is 2.78. The van der Waals surface area contributed by atoms with Crippen LogP contribution in [0.4, 0.5) is 5.82 Å². The van der Waals surface area contributed by atoms with Crippen molar-refractivity contribution in [2.75, 3.05) is 18.5 Å². The number of carbonyl (C=O) groups excluding carboxylic acids is 2. The zero-order valence-corrected chi connectivity index (χ0v) is 16.7. The van der Waals surface area contributed by atoms with Crippen molar-refractivity contribution in [1.29, 1.82) is 5.26 Å². The van der Waals surface area contributed by atoms with Crippen LogP contribution in [-0.4, -0.2) is 29.7 Å². The Bertz CT molecular complexity index is 1080. The molecule has 7 heteroatoms. The second kappa shape index (κ2) is 9.43. The number of nitriles is 1. The number of para-hydroxylation sites is 2. The largest absolute Gasteiger partial charge is 0.482 e. The Hall–Kier alpha value is -4.05. The van der Waals surface area contributed by atoms with Crippen LogP contribution in [0.25, 0.3) is 5.69 Å². The van der Waals surface area contributed by atoms with Gasteiger partial charge in [0.05, 0.1) is 5.56 Å². The topological polar surface area (TPSA) is 93.3 Å². The van der Waals surface area contributed by atoms with Gasteiger partial charge in [0.25, 0.3) is 5.91 Å². The van der Waals surface area contributed by atoms with Crippen LogP contribution in [0, 0.1) is 25.2 Å². The summed E-state index contributed by atoms with van der Waals surface area (Å²) in [7, 11) is 0. The summed E-state index contributed by atoms with van der Waals surface area (Å²) in [5.74, 6) is -0.334. The molecule has 1 heterocycles. The molecule has 0 aliphatic carbocycles.